The van der Waals surface area contributed by atoms with Gasteiger partial charge in [0.1, 0.15) is 5.41 Å². The number of aliphatic hydroxyl groups excluding tert-OH is 1. The topological polar surface area (TPSA) is 152 Å². The maximum atomic E-state index is 13.2. The van der Waals surface area contributed by atoms with Crippen molar-refractivity contribution >= 4 is 23.9 Å². The molecule has 200 valence electrons. The Balaban J connectivity index is 1.34. The van der Waals surface area contributed by atoms with Crippen LogP contribution in [-0.2, 0) is 16.6 Å². The number of allylic oxidation sites excluding steroid dienone is 2. The first-order chi connectivity index (χ1) is 18.1. The van der Waals surface area contributed by atoms with Gasteiger partial charge in [0.25, 0.3) is 0 Å². The normalized spacial score (nSPS) is 15.3. The number of carbonyl (C=O) groups excluding carboxylic acids is 1. The Morgan fingerprint density at radius 2 is 1.87 bits per heavy atom. The molecule has 1 aliphatic carbocycles. The first-order valence-electron chi connectivity index (χ1n) is 11.7. The number of nitrogens with two attached hydrogens (primary N) is 1. The molecule has 0 aliphatic heterocycles. The zero-order valence-electron chi connectivity index (χ0n) is 20.4. The minimum atomic E-state index is -4.42. The molecule has 1 aromatic carbocycles. The van der Waals surface area contributed by atoms with E-state index in [0.29, 0.717) is 22.9 Å². The van der Waals surface area contributed by atoms with Crippen LogP contribution in [0.1, 0.15) is 31.1 Å². The standard InChI is InChI=1S/C25H26F3N7O3/c1-15(29)19(14-30-8-9-36)33-23-31-12-18(13-32-23)17-4-2-16(3-5-17)10-22(37)34-21-11-20(38-35-21)24(6-7-24)25(26,27)28/h2-5,11-14,36H,6-10,29H2,1H3,(H,31,32,33)(H,34,35,37). The van der Waals surface area contributed by atoms with E-state index in [-0.39, 0.29) is 44.0 Å². The van der Waals surface area contributed by atoms with Crippen LogP contribution in [0.5, 0.6) is 0 Å². The second kappa shape index (κ2) is 11.0. The molecule has 0 bridgehead atoms. The van der Waals surface area contributed by atoms with Crippen molar-refractivity contribution in [2.75, 3.05) is 23.8 Å². The monoisotopic (exact) mass is 529 g/mol. The summed E-state index contributed by atoms with van der Waals surface area (Å²) in [7, 11) is 0. The first kappa shape index (κ1) is 26.8. The van der Waals surface area contributed by atoms with Gasteiger partial charge in [-0.3, -0.25) is 9.79 Å². The molecule has 4 rings (SSSR count). The molecule has 2 heterocycles. The van der Waals surface area contributed by atoms with Crippen molar-refractivity contribution in [2.24, 2.45) is 10.7 Å². The van der Waals surface area contributed by atoms with E-state index in [1.807, 2.05) is 0 Å². The summed E-state index contributed by atoms with van der Waals surface area (Å²) in [6.07, 6.45) is 0.227. The van der Waals surface area contributed by atoms with Gasteiger partial charge in [0.2, 0.25) is 11.9 Å². The van der Waals surface area contributed by atoms with E-state index in [1.165, 1.54) is 6.21 Å². The zero-order chi connectivity index (χ0) is 27.3. The van der Waals surface area contributed by atoms with Crippen LogP contribution >= 0.6 is 0 Å². The summed E-state index contributed by atoms with van der Waals surface area (Å²) in [5.74, 6) is -0.454. The van der Waals surface area contributed by atoms with Gasteiger partial charge in [-0.15, -0.1) is 0 Å². The van der Waals surface area contributed by atoms with Gasteiger partial charge < -0.3 is 26.0 Å². The number of nitrogens with zero attached hydrogens (tertiary/aromatic N) is 4. The zero-order valence-corrected chi connectivity index (χ0v) is 20.4. The number of halogens is 3. The predicted molar refractivity (Wildman–Crippen MR) is 134 cm³/mol. The van der Waals surface area contributed by atoms with Gasteiger partial charge in [-0.1, -0.05) is 29.4 Å². The Bertz CT molecular complexity index is 1330. The number of rotatable bonds is 10. The molecule has 1 aliphatic rings. The summed E-state index contributed by atoms with van der Waals surface area (Å²) in [5.41, 5.74) is 7.10. The molecule has 0 spiro atoms. The predicted octanol–water partition coefficient (Wildman–Crippen LogP) is 3.57. The Labute approximate surface area is 215 Å². The van der Waals surface area contributed by atoms with E-state index >= 15 is 0 Å². The third kappa shape index (κ3) is 6.17. The van der Waals surface area contributed by atoms with Crippen LogP contribution in [0.25, 0.3) is 11.1 Å². The van der Waals surface area contributed by atoms with E-state index in [9.17, 15) is 18.0 Å². The fourth-order valence-corrected chi connectivity index (χ4v) is 3.65. The van der Waals surface area contributed by atoms with Crippen molar-refractivity contribution in [2.45, 2.75) is 37.8 Å². The summed E-state index contributed by atoms with van der Waals surface area (Å²) in [5, 5.41) is 17.9. The lowest BCUT2D eigenvalue weighted by Crippen LogP contribution is -2.28. The van der Waals surface area contributed by atoms with Crippen LogP contribution in [0.4, 0.5) is 24.9 Å². The lowest BCUT2D eigenvalue weighted by molar-refractivity contribution is -0.165. The first-order valence-corrected chi connectivity index (χ1v) is 11.7. The highest BCUT2D eigenvalue weighted by atomic mass is 19.4. The second-order valence-corrected chi connectivity index (χ2v) is 8.85. The van der Waals surface area contributed by atoms with E-state index < -0.39 is 17.5 Å². The number of benzene rings is 1. The van der Waals surface area contributed by atoms with Crippen LogP contribution in [0.15, 0.2) is 63.6 Å². The fourth-order valence-electron chi connectivity index (χ4n) is 3.65. The molecule has 5 N–H and O–H groups in total. The quantitative estimate of drug-likeness (QED) is 0.291. The largest absolute Gasteiger partial charge is 0.401 e. The number of nitrogens with one attached hydrogen (secondary N) is 2. The maximum absolute atomic E-state index is 13.2. The molecule has 1 saturated carbocycles. The van der Waals surface area contributed by atoms with Crippen LogP contribution < -0.4 is 16.4 Å². The molecule has 13 heteroatoms. The molecule has 3 aromatic rings. The van der Waals surface area contributed by atoms with Crippen molar-refractivity contribution in [3.63, 3.8) is 0 Å². The maximum Gasteiger partial charge on any atom is 0.401 e. The minimum absolute atomic E-state index is 0.00235. The Morgan fingerprint density at radius 3 is 2.45 bits per heavy atom. The molecule has 0 saturated heterocycles. The lowest BCUT2D eigenvalue weighted by atomic mass is 10.0. The molecule has 2 aromatic heterocycles. The van der Waals surface area contributed by atoms with Crippen molar-refractivity contribution in [3.8, 4) is 11.1 Å². The highest BCUT2D eigenvalue weighted by Crippen LogP contribution is 2.59. The van der Waals surface area contributed by atoms with Crippen LogP contribution in [0.2, 0.25) is 0 Å². The number of carbonyl (C=O) groups is 1. The van der Waals surface area contributed by atoms with E-state index in [1.54, 1.807) is 43.6 Å². The average Bonchev–Trinajstić information content (AvgIpc) is 3.58. The molecule has 10 nitrogen and oxygen atoms in total. The van der Waals surface area contributed by atoms with Gasteiger partial charge in [0, 0.05) is 35.9 Å². The van der Waals surface area contributed by atoms with Crippen LogP contribution in [0.3, 0.4) is 0 Å². The summed E-state index contributed by atoms with van der Waals surface area (Å²) < 4.78 is 44.6. The van der Waals surface area contributed by atoms with Crippen molar-refractivity contribution in [3.05, 3.63) is 65.4 Å². The van der Waals surface area contributed by atoms with Gasteiger partial charge in [-0.25, -0.2) is 9.97 Å². The fraction of sp³-hybridized carbons (Fsp3) is 0.320. The number of alkyl halides is 3. The molecule has 1 fully saturated rings. The van der Waals surface area contributed by atoms with Crippen LogP contribution in [-0.4, -0.2) is 51.7 Å². The third-order valence-electron chi connectivity index (χ3n) is 5.97. The summed E-state index contributed by atoms with van der Waals surface area (Å²) in [6.45, 7) is 1.87. The molecule has 1 amide bonds. The molecule has 38 heavy (non-hydrogen) atoms. The van der Waals surface area contributed by atoms with E-state index in [4.69, 9.17) is 15.4 Å². The van der Waals surface area contributed by atoms with Crippen molar-refractivity contribution in [1.82, 2.24) is 15.1 Å². The SMILES string of the molecule is CC(N)=C(C=NCCO)Nc1ncc(-c2ccc(CC(=O)Nc3cc(C4(C(F)(F)F)CC4)on3)cc2)cn1. The number of anilines is 2. The van der Waals surface area contributed by atoms with Gasteiger partial charge >= 0.3 is 6.18 Å². The number of hydrogen-bond donors (Lipinski definition) is 4. The summed E-state index contributed by atoms with van der Waals surface area (Å²) in [6, 6.07) is 8.26. The average molecular weight is 530 g/mol. The van der Waals surface area contributed by atoms with Crippen molar-refractivity contribution in [1.29, 1.82) is 0 Å². The molecular weight excluding hydrogens is 503 g/mol. The highest BCUT2D eigenvalue weighted by molar-refractivity contribution is 5.91. The number of aliphatic hydroxyl groups is 1. The van der Waals surface area contributed by atoms with Gasteiger partial charge in [-0.05, 0) is 30.9 Å². The number of aromatic nitrogens is 3. The summed E-state index contributed by atoms with van der Waals surface area (Å²) in [4.78, 5) is 25.0. The Hall–Kier alpha value is -4.26. The number of hydrogen-bond acceptors (Lipinski definition) is 9. The summed E-state index contributed by atoms with van der Waals surface area (Å²) >= 11 is 0. The second-order valence-electron chi connectivity index (χ2n) is 8.85. The molecular formula is C25H26F3N7O3. The smallest absolute Gasteiger partial charge is 0.401 e. The Kier molecular flexibility index (Phi) is 7.76. The molecule has 0 radical (unpaired) electrons. The van der Waals surface area contributed by atoms with E-state index in [0.717, 1.165) is 17.2 Å². The van der Waals surface area contributed by atoms with Crippen molar-refractivity contribution < 1.29 is 27.6 Å². The Morgan fingerprint density at radius 1 is 1.18 bits per heavy atom. The highest BCUT2D eigenvalue weighted by Gasteiger charge is 2.66. The minimum Gasteiger partial charge on any atom is -0.401 e. The molecule has 0 atom stereocenters. The van der Waals surface area contributed by atoms with Gasteiger partial charge in [-0.2, -0.15) is 13.2 Å². The number of aliphatic imine (C=N–C) groups is 1. The van der Waals surface area contributed by atoms with Gasteiger partial charge in [0.15, 0.2) is 11.6 Å². The van der Waals surface area contributed by atoms with Gasteiger partial charge in [0.05, 0.1) is 25.3 Å². The van der Waals surface area contributed by atoms with Crippen LogP contribution in [0, 0.1) is 0 Å². The molecule has 0 unspecified atom stereocenters. The van der Waals surface area contributed by atoms with E-state index in [2.05, 4.69) is 30.8 Å². The third-order valence-corrected chi connectivity index (χ3v) is 5.97. The lowest BCUT2D eigenvalue weighted by Gasteiger charge is -2.14. The number of amides is 1.